The van der Waals surface area contributed by atoms with E-state index in [1.54, 1.807) is 0 Å². The summed E-state index contributed by atoms with van der Waals surface area (Å²) in [5.74, 6) is 0.934. The van der Waals surface area contributed by atoms with Gasteiger partial charge < -0.3 is 15.1 Å². The van der Waals surface area contributed by atoms with Crippen LogP contribution in [0.25, 0.3) is 0 Å². The highest BCUT2D eigenvalue weighted by atomic mass is 15.2. The average molecular weight is 275 g/mol. The lowest BCUT2D eigenvalue weighted by atomic mass is 9.89. The number of hydrogen-bond acceptors (Lipinski definition) is 3. The molecule has 0 aromatic rings. The maximum Gasteiger partial charge on any atom is 0.0377 e. The molecule has 3 rings (SSSR count). The Morgan fingerprint density at radius 1 is 1.20 bits per heavy atom. The largest absolute Gasteiger partial charge is 0.373 e. The lowest BCUT2D eigenvalue weighted by Gasteiger charge is -2.31. The van der Waals surface area contributed by atoms with Gasteiger partial charge in [-0.1, -0.05) is 19.3 Å². The molecule has 0 aromatic carbocycles. The summed E-state index contributed by atoms with van der Waals surface area (Å²) < 4.78 is 0. The van der Waals surface area contributed by atoms with E-state index in [1.807, 2.05) is 0 Å². The minimum atomic E-state index is 0.671. The first-order chi connectivity index (χ1) is 9.85. The molecular weight excluding hydrogens is 246 g/mol. The number of allylic oxidation sites excluding steroid dienone is 1. The van der Waals surface area contributed by atoms with Crippen molar-refractivity contribution in [2.45, 2.75) is 44.6 Å². The molecule has 1 saturated heterocycles. The van der Waals surface area contributed by atoms with Gasteiger partial charge in [0.05, 0.1) is 0 Å². The Balaban J connectivity index is 1.47. The number of rotatable bonds is 4. The molecule has 1 saturated carbocycles. The summed E-state index contributed by atoms with van der Waals surface area (Å²) >= 11 is 0. The quantitative estimate of drug-likeness (QED) is 0.851. The lowest BCUT2D eigenvalue weighted by Crippen LogP contribution is -2.32. The zero-order valence-electron chi connectivity index (χ0n) is 12.9. The van der Waals surface area contributed by atoms with Crippen LogP contribution in [0.2, 0.25) is 0 Å². The van der Waals surface area contributed by atoms with E-state index in [4.69, 9.17) is 0 Å². The van der Waals surface area contributed by atoms with Gasteiger partial charge in [0.25, 0.3) is 0 Å². The normalized spacial score (nSPS) is 28.1. The third-order valence-corrected chi connectivity index (χ3v) is 5.17. The number of nitrogens with zero attached hydrogens (tertiary/aromatic N) is 2. The summed E-state index contributed by atoms with van der Waals surface area (Å²) in [6.07, 6.45) is 15.6. The molecular formula is C17H29N3. The molecule has 0 spiro atoms. The third kappa shape index (κ3) is 3.38. The van der Waals surface area contributed by atoms with Crippen LogP contribution in [0.3, 0.4) is 0 Å². The number of nitrogens with one attached hydrogen (secondary N) is 1. The minimum Gasteiger partial charge on any atom is -0.373 e. The Morgan fingerprint density at radius 2 is 2.05 bits per heavy atom. The van der Waals surface area contributed by atoms with Gasteiger partial charge in [0, 0.05) is 44.1 Å². The molecule has 3 aliphatic rings. The van der Waals surface area contributed by atoms with Crippen molar-refractivity contribution < 1.29 is 0 Å². The van der Waals surface area contributed by atoms with Gasteiger partial charge in [0.15, 0.2) is 0 Å². The molecule has 0 unspecified atom stereocenters. The van der Waals surface area contributed by atoms with Crippen molar-refractivity contribution in [2.24, 2.45) is 5.92 Å². The van der Waals surface area contributed by atoms with Gasteiger partial charge in [0.2, 0.25) is 0 Å². The Kier molecular flexibility index (Phi) is 4.66. The van der Waals surface area contributed by atoms with E-state index >= 15 is 0 Å². The van der Waals surface area contributed by atoms with Crippen molar-refractivity contribution >= 4 is 0 Å². The summed E-state index contributed by atoms with van der Waals surface area (Å²) in [4.78, 5) is 5.03. The molecule has 1 atom stereocenters. The molecule has 0 aromatic heterocycles. The number of likely N-dealkylation sites (tertiary alicyclic amines) is 1. The number of hydrogen-bond donors (Lipinski definition) is 1. The molecule has 0 amide bonds. The van der Waals surface area contributed by atoms with Gasteiger partial charge in [-0.2, -0.15) is 0 Å². The van der Waals surface area contributed by atoms with Crippen LogP contribution in [0, 0.1) is 5.92 Å². The zero-order valence-corrected chi connectivity index (χ0v) is 12.9. The van der Waals surface area contributed by atoms with Crippen molar-refractivity contribution in [1.29, 1.82) is 0 Å². The van der Waals surface area contributed by atoms with Crippen LogP contribution < -0.4 is 5.32 Å². The van der Waals surface area contributed by atoms with Gasteiger partial charge in [-0.25, -0.2) is 0 Å². The van der Waals surface area contributed by atoms with Crippen LogP contribution in [0.5, 0.6) is 0 Å². The van der Waals surface area contributed by atoms with Crippen molar-refractivity contribution in [1.82, 2.24) is 15.1 Å². The molecule has 3 heteroatoms. The van der Waals surface area contributed by atoms with E-state index in [-0.39, 0.29) is 0 Å². The second-order valence-electron chi connectivity index (χ2n) is 6.62. The highest BCUT2D eigenvalue weighted by Crippen LogP contribution is 2.25. The second-order valence-corrected chi connectivity index (χ2v) is 6.62. The van der Waals surface area contributed by atoms with E-state index in [0.717, 1.165) is 19.0 Å². The van der Waals surface area contributed by atoms with Gasteiger partial charge >= 0.3 is 0 Å². The summed E-state index contributed by atoms with van der Waals surface area (Å²) in [6.45, 7) is 4.72. The van der Waals surface area contributed by atoms with Gasteiger partial charge in [-0.15, -0.1) is 0 Å². The molecule has 2 aliphatic heterocycles. The van der Waals surface area contributed by atoms with Crippen LogP contribution >= 0.6 is 0 Å². The molecule has 2 fully saturated rings. The third-order valence-electron chi connectivity index (χ3n) is 5.17. The van der Waals surface area contributed by atoms with Crippen molar-refractivity contribution in [3.63, 3.8) is 0 Å². The minimum absolute atomic E-state index is 0.671. The Morgan fingerprint density at radius 3 is 2.70 bits per heavy atom. The Hall–Kier alpha value is -0.960. The van der Waals surface area contributed by atoms with Crippen molar-refractivity contribution in [2.75, 3.05) is 33.2 Å². The van der Waals surface area contributed by atoms with E-state index < -0.39 is 0 Å². The topological polar surface area (TPSA) is 18.5 Å². The summed E-state index contributed by atoms with van der Waals surface area (Å²) in [5.41, 5.74) is 1.43. The van der Waals surface area contributed by atoms with E-state index in [0.29, 0.717) is 6.04 Å². The number of likely N-dealkylation sites (N-methyl/N-ethyl adjacent to an activating group) is 1. The summed E-state index contributed by atoms with van der Waals surface area (Å²) in [5, 5.41) is 3.39. The predicted octanol–water partition coefficient (Wildman–Crippen LogP) is 2.57. The first kappa shape index (κ1) is 14.0. The monoisotopic (exact) mass is 275 g/mol. The fourth-order valence-electron chi connectivity index (χ4n) is 3.82. The molecule has 1 aliphatic carbocycles. The maximum absolute atomic E-state index is 3.39. The van der Waals surface area contributed by atoms with Crippen LogP contribution in [-0.2, 0) is 0 Å². The second kappa shape index (κ2) is 6.66. The van der Waals surface area contributed by atoms with E-state index in [1.165, 1.54) is 57.3 Å². The average Bonchev–Trinajstić information content (AvgIpc) is 2.98. The predicted molar refractivity (Wildman–Crippen MR) is 84.4 cm³/mol. The Labute approximate surface area is 123 Å². The molecule has 2 heterocycles. The van der Waals surface area contributed by atoms with E-state index in [9.17, 15) is 0 Å². The van der Waals surface area contributed by atoms with Crippen molar-refractivity contribution in [3.05, 3.63) is 24.0 Å². The van der Waals surface area contributed by atoms with Gasteiger partial charge in [0.1, 0.15) is 0 Å². The highest BCUT2D eigenvalue weighted by Gasteiger charge is 2.23. The zero-order chi connectivity index (χ0) is 13.8. The summed E-state index contributed by atoms with van der Waals surface area (Å²) in [7, 11) is 2.07. The van der Waals surface area contributed by atoms with Crippen molar-refractivity contribution in [3.8, 4) is 0 Å². The summed E-state index contributed by atoms with van der Waals surface area (Å²) in [6, 6.07) is 0.671. The van der Waals surface area contributed by atoms with Crippen LogP contribution in [0.4, 0.5) is 0 Å². The van der Waals surface area contributed by atoms with E-state index in [2.05, 4.69) is 40.5 Å². The molecule has 3 nitrogen and oxygen atoms in total. The maximum atomic E-state index is 3.39. The first-order valence-corrected chi connectivity index (χ1v) is 8.40. The van der Waals surface area contributed by atoms with Crippen LogP contribution in [0.1, 0.15) is 38.5 Å². The molecule has 20 heavy (non-hydrogen) atoms. The fraction of sp³-hybridized carbons (Fsp3) is 0.765. The Bertz CT molecular complexity index is 368. The van der Waals surface area contributed by atoms with Crippen LogP contribution in [0.15, 0.2) is 24.0 Å². The smallest absolute Gasteiger partial charge is 0.0377 e. The highest BCUT2D eigenvalue weighted by molar-refractivity contribution is 5.22. The molecule has 0 bridgehead atoms. The fourth-order valence-corrected chi connectivity index (χ4v) is 3.82. The lowest BCUT2D eigenvalue weighted by molar-refractivity contribution is 0.263. The standard InChI is InChI=1S/C17H29N3/c1-18-16-7-12-20(14-16)17-8-10-19(11-9-17)13-15-5-3-2-4-6-15/h8-10,15-16,18H,2-7,11-14H2,1H3/t16-/m0/s1. The van der Waals surface area contributed by atoms with Crippen LogP contribution in [-0.4, -0.2) is 49.1 Å². The molecule has 0 radical (unpaired) electrons. The first-order valence-electron chi connectivity index (χ1n) is 8.40. The molecule has 112 valence electrons. The van der Waals surface area contributed by atoms with Gasteiger partial charge in [-0.3, -0.25) is 0 Å². The SMILES string of the molecule is CN[C@H]1CCN(C2=CCN(CC3CCCCC3)C=C2)C1. The molecule has 1 N–H and O–H groups in total. The van der Waals surface area contributed by atoms with Gasteiger partial charge in [-0.05, 0) is 44.4 Å².